The number of amides is 1. The molecular formula is C20H21N3O3. The van der Waals surface area contributed by atoms with Crippen LogP contribution in [0.1, 0.15) is 29.8 Å². The Morgan fingerprint density at radius 3 is 2.42 bits per heavy atom. The van der Waals surface area contributed by atoms with E-state index in [1.165, 1.54) is 0 Å². The number of carbonyl (C=O) groups is 1. The van der Waals surface area contributed by atoms with Crippen LogP contribution in [-0.4, -0.2) is 22.8 Å². The second-order valence-corrected chi connectivity index (χ2v) is 6.51. The van der Waals surface area contributed by atoms with E-state index in [1.807, 2.05) is 31.2 Å². The van der Waals surface area contributed by atoms with Gasteiger partial charge in [-0.2, -0.15) is 0 Å². The van der Waals surface area contributed by atoms with E-state index in [0.717, 1.165) is 16.9 Å². The number of ether oxygens (including phenoxy) is 1. The van der Waals surface area contributed by atoms with Gasteiger partial charge in [-0.25, -0.2) is 4.63 Å². The van der Waals surface area contributed by atoms with Gasteiger partial charge in [0.15, 0.2) is 5.69 Å². The molecule has 2 aromatic carbocycles. The van der Waals surface area contributed by atoms with E-state index in [2.05, 4.69) is 29.5 Å². The molecule has 134 valence electrons. The van der Waals surface area contributed by atoms with Gasteiger partial charge in [-0.05, 0) is 47.4 Å². The van der Waals surface area contributed by atoms with Gasteiger partial charge >= 0.3 is 0 Å². The van der Waals surface area contributed by atoms with Crippen LogP contribution in [0.5, 0.6) is 5.75 Å². The van der Waals surface area contributed by atoms with Gasteiger partial charge in [0, 0.05) is 11.1 Å². The third kappa shape index (κ3) is 4.27. The van der Waals surface area contributed by atoms with Crippen molar-refractivity contribution in [2.24, 2.45) is 5.92 Å². The van der Waals surface area contributed by atoms with Crippen molar-refractivity contribution in [3.63, 3.8) is 0 Å². The molecule has 1 N–H and O–H groups in total. The Kier molecular flexibility index (Phi) is 5.31. The lowest BCUT2D eigenvalue weighted by Gasteiger charge is -2.09. The zero-order valence-electron chi connectivity index (χ0n) is 15.0. The molecule has 0 saturated carbocycles. The van der Waals surface area contributed by atoms with Gasteiger partial charge in [-0.3, -0.25) is 4.79 Å². The zero-order valence-corrected chi connectivity index (χ0v) is 15.0. The van der Waals surface area contributed by atoms with Gasteiger partial charge in [-0.15, -0.1) is 0 Å². The Labute approximate surface area is 152 Å². The number of benzene rings is 2. The van der Waals surface area contributed by atoms with Crippen molar-refractivity contribution in [3.8, 4) is 17.0 Å². The van der Waals surface area contributed by atoms with Gasteiger partial charge in [0.05, 0.1) is 6.61 Å². The first-order chi connectivity index (χ1) is 12.5. The first kappa shape index (κ1) is 17.7. The number of carbonyl (C=O) groups excluding carboxylic acids is 1. The molecule has 0 unspecified atom stereocenters. The fourth-order valence-electron chi connectivity index (χ4n) is 2.32. The van der Waals surface area contributed by atoms with Crippen LogP contribution >= 0.6 is 0 Å². The lowest BCUT2D eigenvalue weighted by atomic mass is 10.1. The van der Waals surface area contributed by atoms with Gasteiger partial charge in [-0.1, -0.05) is 43.7 Å². The van der Waals surface area contributed by atoms with Crippen LogP contribution in [0.4, 0.5) is 5.82 Å². The first-order valence-electron chi connectivity index (χ1n) is 8.46. The Morgan fingerprint density at radius 1 is 1.08 bits per heavy atom. The van der Waals surface area contributed by atoms with Crippen molar-refractivity contribution in [1.82, 2.24) is 10.3 Å². The Morgan fingerprint density at radius 2 is 1.77 bits per heavy atom. The van der Waals surface area contributed by atoms with E-state index in [4.69, 9.17) is 9.37 Å². The van der Waals surface area contributed by atoms with E-state index in [0.29, 0.717) is 29.6 Å². The molecule has 1 heterocycles. The molecule has 3 aromatic rings. The summed E-state index contributed by atoms with van der Waals surface area (Å²) in [5.41, 5.74) is 2.95. The molecule has 0 aliphatic rings. The zero-order chi connectivity index (χ0) is 18.5. The molecule has 0 saturated heterocycles. The monoisotopic (exact) mass is 351 g/mol. The van der Waals surface area contributed by atoms with Crippen molar-refractivity contribution >= 4 is 11.7 Å². The molecule has 0 bridgehead atoms. The van der Waals surface area contributed by atoms with Gasteiger partial charge in [0.25, 0.3) is 5.91 Å². The lowest BCUT2D eigenvalue weighted by molar-refractivity contribution is 0.102. The van der Waals surface area contributed by atoms with Crippen LogP contribution in [0, 0.1) is 12.8 Å². The summed E-state index contributed by atoms with van der Waals surface area (Å²) in [6.07, 6.45) is 0. The minimum Gasteiger partial charge on any atom is -0.493 e. The number of nitrogens with one attached hydrogen (secondary N) is 1. The summed E-state index contributed by atoms with van der Waals surface area (Å²) in [6.45, 7) is 6.80. The molecule has 0 atom stereocenters. The highest BCUT2D eigenvalue weighted by Gasteiger charge is 2.16. The average Bonchev–Trinajstić information content (AvgIpc) is 3.09. The summed E-state index contributed by atoms with van der Waals surface area (Å²) in [5.74, 6) is 1.18. The van der Waals surface area contributed by atoms with Crippen LogP contribution in [0.2, 0.25) is 0 Å². The second-order valence-electron chi connectivity index (χ2n) is 6.51. The fourth-order valence-corrected chi connectivity index (χ4v) is 2.32. The number of hydrogen-bond donors (Lipinski definition) is 1. The summed E-state index contributed by atoms with van der Waals surface area (Å²) < 4.78 is 10.4. The fraction of sp³-hybridized carbons (Fsp3) is 0.250. The van der Waals surface area contributed by atoms with E-state index in [1.54, 1.807) is 24.3 Å². The Hall–Kier alpha value is -3.15. The van der Waals surface area contributed by atoms with E-state index < -0.39 is 0 Å². The van der Waals surface area contributed by atoms with E-state index in [-0.39, 0.29) is 5.91 Å². The quantitative estimate of drug-likeness (QED) is 0.715. The van der Waals surface area contributed by atoms with Gasteiger partial charge in [0.1, 0.15) is 5.75 Å². The van der Waals surface area contributed by atoms with E-state index >= 15 is 0 Å². The minimum absolute atomic E-state index is 0.288. The van der Waals surface area contributed by atoms with Crippen molar-refractivity contribution in [2.75, 3.05) is 11.9 Å². The molecule has 1 amide bonds. The maximum absolute atomic E-state index is 12.5. The predicted molar refractivity (Wildman–Crippen MR) is 99.2 cm³/mol. The number of aromatic nitrogens is 2. The van der Waals surface area contributed by atoms with Crippen molar-refractivity contribution in [3.05, 3.63) is 59.7 Å². The topological polar surface area (TPSA) is 77.3 Å². The van der Waals surface area contributed by atoms with Crippen molar-refractivity contribution in [1.29, 1.82) is 0 Å². The normalized spacial score (nSPS) is 10.8. The molecule has 0 spiro atoms. The molecule has 0 aliphatic heterocycles. The highest BCUT2D eigenvalue weighted by Crippen LogP contribution is 2.25. The average molecular weight is 351 g/mol. The highest BCUT2D eigenvalue weighted by atomic mass is 16.6. The molecule has 3 rings (SSSR count). The summed E-state index contributed by atoms with van der Waals surface area (Å²) >= 11 is 0. The minimum atomic E-state index is -0.288. The first-order valence-corrected chi connectivity index (χ1v) is 8.46. The summed E-state index contributed by atoms with van der Waals surface area (Å²) in [7, 11) is 0. The van der Waals surface area contributed by atoms with Crippen LogP contribution in [0.25, 0.3) is 11.3 Å². The largest absolute Gasteiger partial charge is 0.493 e. The SMILES string of the molecule is Cc1ccc(-c2nonc2NC(=O)c2ccc(OCC(C)C)cc2)cc1. The third-order valence-corrected chi connectivity index (χ3v) is 3.75. The van der Waals surface area contributed by atoms with E-state index in [9.17, 15) is 4.79 Å². The number of aryl methyl sites for hydroxylation is 1. The number of nitrogens with zero attached hydrogens (tertiary/aromatic N) is 2. The number of hydrogen-bond acceptors (Lipinski definition) is 5. The molecule has 26 heavy (non-hydrogen) atoms. The molecule has 0 fully saturated rings. The predicted octanol–water partition coefficient (Wildman–Crippen LogP) is 4.33. The molecule has 6 nitrogen and oxygen atoms in total. The molecule has 1 aromatic heterocycles. The lowest BCUT2D eigenvalue weighted by Crippen LogP contribution is -2.13. The summed E-state index contributed by atoms with van der Waals surface area (Å²) in [6, 6.07) is 14.7. The number of rotatable bonds is 6. The summed E-state index contributed by atoms with van der Waals surface area (Å²) in [5, 5.41) is 10.4. The van der Waals surface area contributed by atoms with Gasteiger partial charge in [0.2, 0.25) is 5.82 Å². The van der Waals surface area contributed by atoms with Crippen LogP contribution in [0.15, 0.2) is 53.2 Å². The van der Waals surface area contributed by atoms with Crippen molar-refractivity contribution in [2.45, 2.75) is 20.8 Å². The van der Waals surface area contributed by atoms with Gasteiger partial charge < -0.3 is 10.1 Å². The molecule has 0 radical (unpaired) electrons. The highest BCUT2D eigenvalue weighted by molar-refractivity contribution is 6.05. The van der Waals surface area contributed by atoms with Crippen LogP contribution in [0.3, 0.4) is 0 Å². The Bertz CT molecular complexity index is 868. The maximum atomic E-state index is 12.5. The van der Waals surface area contributed by atoms with Crippen LogP contribution < -0.4 is 10.1 Å². The molecular weight excluding hydrogens is 330 g/mol. The molecule has 6 heteroatoms. The maximum Gasteiger partial charge on any atom is 0.256 e. The summed E-state index contributed by atoms with van der Waals surface area (Å²) in [4.78, 5) is 12.5. The van der Waals surface area contributed by atoms with Crippen LogP contribution in [-0.2, 0) is 0 Å². The third-order valence-electron chi connectivity index (χ3n) is 3.75. The number of anilines is 1. The standard InChI is InChI=1S/C20H21N3O3/c1-13(2)12-25-17-10-8-16(9-11-17)20(24)21-19-18(22-26-23-19)15-6-4-14(3)5-7-15/h4-11,13H,12H2,1-3H3,(H,21,23,24). The molecule has 0 aliphatic carbocycles. The second kappa shape index (κ2) is 7.82. The smallest absolute Gasteiger partial charge is 0.256 e. The van der Waals surface area contributed by atoms with Crippen molar-refractivity contribution < 1.29 is 14.2 Å². The Balaban J connectivity index is 1.71.